The van der Waals surface area contributed by atoms with Crippen molar-refractivity contribution in [3.63, 3.8) is 0 Å². The highest BCUT2D eigenvalue weighted by atomic mass is 35.5. The standard InChI is InChI=1S/C27H19Cl2N3O6S/c1-3-37-26(34)23-14(2)30-27-31(24(23)15-4-7-17(28)8-5-15)25(33)22(39-27)13-18-9-11-21(38-18)16-6-10-20(32(35)36)19(29)12-16/h4-13,24H,3H2,1-2H3/t24-/m0/s1. The van der Waals surface area contributed by atoms with Gasteiger partial charge in [-0.05, 0) is 55.8 Å². The number of hydrogen-bond acceptors (Lipinski definition) is 8. The number of aromatic nitrogens is 1. The Morgan fingerprint density at radius 3 is 2.62 bits per heavy atom. The van der Waals surface area contributed by atoms with Crippen molar-refractivity contribution in [3.05, 3.63) is 117 Å². The van der Waals surface area contributed by atoms with Crippen LogP contribution in [0.2, 0.25) is 10.0 Å². The van der Waals surface area contributed by atoms with Crippen LogP contribution in [0.3, 0.4) is 0 Å². The van der Waals surface area contributed by atoms with E-state index in [2.05, 4.69) is 4.99 Å². The average Bonchev–Trinajstić information content (AvgIpc) is 3.48. The maximum absolute atomic E-state index is 13.7. The van der Waals surface area contributed by atoms with Gasteiger partial charge in [0.2, 0.25) is 0 Å². The lowest BCUT2D eigenvalue weighted by molar-refractivity contribution is -0.384. The molecule has 1 aliphatic heterocycles. The molecule has 0 bridgehead atoms. The van der Waals surface area contributed by atoms with Gasteiger partial charge in [-0.2, -0.15) is 0 Å². The van der Waals surface area contributed by atoms with Gasteiger partial charge < -0.3 is 9.15 Å². The van der Waals surface area contributed by atoms with Crippen molar-refractivity contribution in [1.82, 2.24) is 4.57 Å². The van der Waals surface area contributed by atoms with Gasteiger partial charge in [0.15, 0.2) is 4.80 Å². The van der Waals surface area contributed by atoms with E-state index in [4.69, 9.17) is 32.4 Å². The van der Waals surface area contributed by atoms with Crippen LogP contribution >= 0.6 is 34.5 Å². The summed E-state index contributed by atoms with van der Waals surface area (Å²) in [6, 6.07) is 13.8. The lowest BCUT2D eigenvalue weighted by atomic mass is 9.96. The zero-order valence-corrected chi connectivity index (χ0v) is 22.8. The third-order valence-corrected chi connectivity index (χ3v) is 7.57. The van der Waals surface area contributed by atoms with E-state index in [1.54, 1.807) is 56.3 Å². The number of ether oxygens (including phenoxy) is 1. The van der Waals surface area contributed by atoms with Crippen LogP contribution in [0.4, 0.5) is 5.69 Å². The summed E-state index contributed by atoms with van der Waals surface area (Å²) in [6.07, 6.45) is 1.59. The van der Waals surface area contributed by atoms with Crippen LogP contribution in [0, 0.1) is 10.1 Å². The van der Waals surface area contributed by atoms with E-state index in [0.717, 1.165) is 11.3 Å². The van der Waals surface area contributed by atoms with Crippen molar-refractivity contribution in [3.8, 4) is 11.3 Å². The molecule has 0 fully saturated rings. The molecule has 3 heterocycles. The zero-order valence-electron chi connectivity index (χ0n) is 20.5. The highest BCUT2D eigenvalue weighted by molar-refractivity contribution is 7.07. The van der Waals surface area contributed by atoms with Crippen LogP contribution in [-0.4, -0.2) is 22.1 Å². The average molecular weight is 584 g/mol. The van der Waals surface area contributed by atoms with Crippen molar-refractivity contribution in [2.45, 2.75) is 19.9 Å². The van der Waals surface area contributed by atoms with E-state index >= 15 is 0 Å². The molecule has 0 radical (unpaired) electrons. The number of carbonyl (C=O) groups is 1. The SMILES string of the molecule is CCOC(=O)C1=C(C)N=c2sc(=Cc3ccc(-c4ccc([N+](=O)[O-])c(Cl)c4)o3)c(=O)n2[C@H]1c1ccc(Cl)cc1. The van der Waals surface area contributed by atoms with E-state index in [9.17, 15) is 19.7 Å². The first-order valence-corrected chi connectivity index (χ1v) is 13.2. The van der Waals surface area contributed by atoms with Crippen LogP contribution in [0.15, 0.2) is 80.1 Å². The largest absolute Gasteiger partial charge is 0.463 e. The monoisotopic (exact) mass is 583 g/mol. The maximum Gasteiger partial charge on any atom is 0.338 e. The first-order valence-electron chi connectivity index (χ1n) is 11.7. The van der Waals surface area contributed by atoms with Gasteiger partial charge in [0, 0.05) is 22.7 Å². The summed E-state index contributed by atoms with van der Waals surface area (Å²) in [5.74, 6) is 0.254. The fraction of sp³-hybridized carbons (Fsp3) is 0.148. The molecular weight excluding hydrogens is 565 g/mol. The van der Waals surface area contributed by atoms with Crippen molar-refractivity contribution in [2.24, 2.45) is 4.99 Å². The Bertz CT molecular complexity index is 1840. The Morgan fingerprint density at radius 1 is 1.21 bits per heavy atom. The Hall–Kier alpha value is -3.99. The molecule has 2 aromatic carbocycles. The van der Waals surface area contributed by atoms with Gasteiger partial charge in [-0.1, -0.05) is 46.7 Å². The van der Waals surface area contributed by atoms with E-state index in [0.29, 0.717) is 42.7 Å². The maximum atomic E-state index is 13.7. The second-order valence-electron chi connectivity index (χ2n) is 8.48. The first kappa shape index (κ1) is 26.6. The quantitative estimate of drug-likeness (QED) is 0.173. The minimum absolute atomic E-state index is 0.0151. The normalized spacial score (nSPS) is 15.2. The van der Waals surface area contributed by atoms with Gasteiger partial charge in [-0.25, -0.2) is 9.79 Å². The fourth-order valence-corrected chi connectivity index (χ4v) is 5.68. The smallest absolute Gasteiger partial charge is 0.338 e. The third kappa shape index (κ3) is 5.06. The number of allylic oxidation sites excluding steroid dienone is 1. The second-order valence-corrected chi connectivity index (χ2v) is 10.3. The van der Waals surface area contributed by atoms with Gasteiger partial charge in [0.05, 0.1) is 33.4 Å². The van der Waals surface area contributed by atoms with E-state index < -0.39 is 16.9 Å². The van der Waals surface area contributed by atoms with Gasteiger partial charge in [0.25, 0.3) is 11.2 Å². The summed E-state index contributed by atoms with van der Waals surface area (Å²) in [5.41, 5.74) is 1.39. The number of nitro benzene ring substituents is 1. The molecule has 0 amide bonds. The Morgan fingerprint density at radius 2 is 1.95 bits per heavy atom. The van der Waals surface area contributed by atoms with Crippen molar-refractivity contribution in [1.29, 1.82) is 0 Å². The Labute approximate surface area is 235 Å². The molecule has 0 N–H and O–H groups in total. The molecule has 9 nitrogen and oxygen atoms in total. The molecule has 5 rings (SSSR count). The van der Waals surface area contributed by atoms with Gasteiger partial charge in [-0.15, -0.1) is 0 Å². The topological polar surface area (TPSA) is 117 Å². The van der Waals surface area contributed by atoms with Crippen LogP contribution < -0.4 is 14.9 Å². The lowest BCUT2D eigenvalue weighted by Gasteiger charge is -2.24. The number of halogens is 2. The summed E-state index contributed by atoms with van der Waals surface area (Å²) in [4.78, 5) is 42.1. The lowest BCUT2D eigenvalue weighted by Crippen LogP contribution is -2.39. The number of fused-ring (bicyclic) bond motifs is 1. The molecule has 39 heavy (non-hydrogen) atoms. The van der Waals surface area contributed by atoms with Crippen LogP contribution in [0.1, 0.15) is 31.2 Å². The fourth-order valence-electron chi connectivity index (χ4n) is 4.27. The molecule has 0 aliphatic carbocycles. The molecule has 0 saturated carbocycles. The molecule has 12 heteroatoms. The summed E-state index contributed by atoms with van der Waals surface area (Å²) in [7, 11) is 0. The number of rotatable bonds is 6. The van der Waals surface area contributed by atoms with E-state index in [1.807, 2.05) is 0 Å². The van der Waals surface area contributed by atoms with Crippen LogP contribution in [0.5, 0.6) is 0 Å². The number of benzene rings is 2. The zero-order chi connectivity index (χ0) is 27.8. The van der Waals surface area contributed by atoms with E-state index in [-0.39, 0.29) is 28.4 Å². The molecule has 0 unspecified atom stereocenters. The molecule has 4 aromatic rings. The minimum atomic E-state index is -0.755. The van der Waals surface area contributed by atoms with Crippen molar-refractivity contribution in [2.75, 3.05) is 6.61 Å². The number of carbonyl (C=O) groups excluding carboxylic acids is 1. The number of hydrogen-bond donors (Lipinski definition) is 0. The summed E-state index contributed by atoms with van der Waals surface area (Å²) in [6.45, 7) is 3.59. The number of furan rings is 1. The predicted octanol–water partition coefficient (Wildman–Crippen LogP) is 5.27. The van der Waals surface area contributed by atoms with Crippen LogP contribution in [0.25, 0.3) is 17.4 Å². The Balaban J connectivity index is 1.60. The molecule has 2 aromatic heterocycles. The minimum Gasteiger partial charge on any atom is -0.463 e. The molecule has 1 atom stereocenters. The number of nitro groups is 1. The highest BCUT2D eigenvalue weighted by Crippen LogP contribution is 2.32. The molecule has 0 saturated heterocycles. The van der Waals surface area contributed by atoms with Crippen molar-refractivity contribution >= 4 is 52.3 Å². The Kier molecular flexibility index (Phi) is 7.26. The van der Waals surface area contributed by atoms with Crippen LogP contribution in [-0.2, 0) is 9.53 Å². The molecule has 1 aliphatic rings. The van der Waals surface area contributed by atoms with E-state index in [1.165, 1.54) is 22.8 Å². The second kappa shape index (κ2) is 10.6. The third-order valence-electron chi connectivity index (χ3n) is 6.03. The van der Waals surface area contributed by atoms with Gasteiger partial charge in [-0.3, -0.25) is 19.5 Å². The molecular formula is C27H19Cl2N3O6S. The number of esters is 1. The highest BCUT2D eigenvalue weighted by Gasteiger charge is 2.33. The first-order chi connectivity index (χ1) is 18.7. The number of nitrogens with zero attached hydrogens (tertiary/aromatic N) is 3. The van der Waals surface area contributed by atoms with Gasteiger partial charge in [0.1, 0.15) is 16.5 Å². The predicted molar refractivity (Wildman–Crippen MR) is 148 cm³/mol. The summed E-state index contributed by atoms with van der Waals surface area (Å²) in [5, 5.41) is 11.6. The summed E-state index contributed by atoms with van der Waals surface area (Å²) >= 11 is 13.3. The molecule has 198 valence electrons. The number of thiazole rings is 1. The summed E-state index contributed by atoms with van der Waals surface area (Å²) < 4.78 is 13.0. The van der Waals surface area contributed by atoms with Gasteiger partial charge >= 0.3 is 5.97 Å². The van der Waals surface area contributed by atoms with Crippen molar-refractivity contribution < 1.29 is 18.9 Å². The molecule has 0 spiro atoms.